The van der Waals surface area contributed by atoms with Gasteiger partial charge in [-0.1, -0.05) is 31.2 Å². The predicted octanol–water partition coefficient (Wildman–Crippen LogP) is 4.10. The number of aryl methyl sites for hydroxylation is 1. The smallest absolute Gasteiger partial charge is 0.109 e. The van der Waals surface area contributed by atoms with Crippen molar-refractivity contribution in [2.24, 2.45) is 0 Å². The van der Waals surface area contributed by atoms with E-state index in [0.29, 0.717) is 0 Å². The third-order valence-electron chi connectivity index (χ3n) is 3.61. The Kier molecular flexibility index (Phi) is 4.27. The van der Waals surface area contributed by atoms with E-state index in [1.54, 1.807) is 11.3 Å². The molecule has 0 saturated carbocycles. The number of hydrogen-bond donors (Lipinski definition) is 1. The number of aromatic nitrogens is 2. The Morgan fingerprint density at radius 3 is 2.86 bits per heavy atom. The number of nitrogens with one attached hydrogen (secondary N) is 1. The number of nitrogens with zero attached hydrogens (tertiary/aromatic N) is 2. The molecule has 1 atom stereocenters. The van der Waals surface area contributed by atoms with Crippen LogP contribution in [0.5, 0.6) is 0 Å². The van der Waals surface area contributed by atoms with Crippen molar-refractivity contribution >= 4 is 22.2 Å². The van der Waals surface area contributed by atoms with Crippen molar-refractivity contribution in [1.29, 1.82) is 0 Å². The summed E-state index contributed by atoms with van der Waals surface area (Å²) in [6.07, 6.45) is 4.89. The van der Waals surface area contributed by atoms with Gasteiger partial charge in [0.1, 0.15) is 5.01 Å². The van der Waals surface area contributed by atoms with Gasteiger partial charge in [0.05, 0.1) is 11.6 Å². The first-order chi connectivity index (χ1) is 10.3. The molecule has 1 aromatic carbocycles. The maximum absolute atomic E-state index is 4.50. The Hall–Kier alpha value is -1.78. The van der Waals surface area contributed by atoms with Crippen molar-refractivity contribution in [2.45, 2.75) is 32.9 Å². The van der Waals surface area contributed by atoms with E-state index in [1.165, 1.54) is 15.8 Å². The summed E-state index contributed by atoms with van der Waals surface area (Å²) in [6, 6.07) is 10.7. The molecule has 0 bridgehead atoms. The summed E-state index contributed by atoms with van der Waals surface area (Å²) in [6.45, 7) is 5.13. The normalized spacial score (nSPS) is 12.7. The molecule has 3 nitrogen and oxygen atoms in total. The zero-order chi connectivity index (χ0) is 14.7. The third-order valence-corrected chi connectivity index (χ3v) is 4.93. The highest BCUT2D eigenvalue weighted by Crippen LogP contribution is 2.21. The average Bonchev–Trinajstić information content (AvgIpc) is 3.01. The van der Waals surface area contributed by atoms with Crippen LogP contribution in [0, 0.1) is 0 Å². The molecule has 108 valence electrons. The summed E-state index contributed by atoms with van der Waals surface area (Å²) in [5, 5.41) is 5.89. The molecule has 4 heteroatoms. The second-order valence-electron chi connectivity index (χ2n) is 5.11. The van der Waals surface area contributed by atoms with E-state index in [9.17, 15) is 0 Å². The van der Waals surface area contributed by atoms with Crippen molar-refractivity contribution in [3.05, 3.63) is 58.2 Å². The minimum absolute atomic E-state index is 0.259. The zero-order valence-corrected chi connectivity index (χ0v) is 13.2. The largest absolute Gasteiger partial charge is 0.304 e. The van der Waals surface area contributed by atoms with Crippen LogP contribution in [0.3, 0.4) is 0 Å². The van der Waals surface area contributed by atoms with E-state index in [4.69, 9.17) is 0 Å². The molecule has 0 saturated heterocycles. The molecular weight excluding hydrogens is 278 g/mol. The molecule has 2 heterocycles. The van der Waals surface area contributed by atoms with Crippen LogP contribution in [0.1, 0.15) is 35.3 Å². The minimum atomic E-state index is 0.259. The molecule has 3 aromatic rings. The van der Waals surface area contributed by atoms with Crippen LogP contribution < -0.4 is 5.32 Å². The zero-order valence-electron chi connectivity index (χ0n) is 12.3. The molecule has 1 unspecified atom stereocenters. The van der Waals surface area contributed by atoms with E-state index >= 15 is 0 Å². The fourth-order valence-corrected chi connectivity index (χ4v) is 3.23. The lowest BCUT2D eigenvalue weighted by molar-refractivity contribution is 0.573. The SMILES string of the molecule is CCc1cnc(C(C)NCc2cccc3cccnc23)s1. The van der Waals surface area contributed by atoms with E-state index in [2.05, 4.69) is 53.4 Å². The molecule has 2 aromatic heterocycles. The van der Waals surface area contributed by atoms with Crippen molar-refractivity contribution < 1.29 is 0 Å². The van der Waals surface area contributed by atoms with Crippen molar-refractivity contribution in [2.75, 3.05) is 0 Å². The fraction of sp³-hybridized carbons (Fsp3) is 0.294. The number of hydrogen-bond acceptors (Lipinski definition) is 4. The highest BCUT2D eigenvalue weighted by atomic mass is 32.1. The Balaban J connectivity index is 1.74. The number of fused-ring (bicyclic) bond motifs is 1. The summed E-state index contributed by atoms with van der Waals surface area (Å²) in [5.41, 5.74) is 2.31. The Bertz CT molecular complexity index is 730. The van der Waals surface area contributed by atoms with Gasteiger partial charge in [0.25, 0.3) is 0 Å². The Morgan fingerprint density at radius 1 is 1.19 bits per heavy atom. The predicted molar refractivity (Wildman–Crippen MR) is 88.5 cm³/mol. The fourth-order valence-electron chi connectivity index (χ4n) is 2.35. The van der Waals surface area contributed by atoms with Gasteiger partial charge in [0, 0.05) is 29.2 Å². The van der Waals surface area contributed by atoms with Crippen molar-refractivity contribution in [3.8, 4) is 0 Å². The van der Waals surface area contributed by atoms with Crippen LogP contribution in [0.25, 0.3) is 10.9 Å². The van der Waals surface area contributed by atoms with Crippen LogP contribution in [-0.4, -0.2) is 9.97 Å². The van der Waals surface area contributed by atoms with Gasteiger partial charge in [-0.25, -0.2) is 4.98 Å². The average molecular weight is 297 g/mol. The summed E-state index contributed by atoms with van der Waals surface area (Å²) in [4.78, 5) is 10.3. The van der Waals surface area contributed by atoms with Gasteiger partial charge in [0.2, 0.25) is 0 Å². The number of thiazole rings is 1. The van der Waals surface area contributed by atoms with Gasteiger partial charge >= 0.3 is 0 Å². The monoisotopic (exact) mass is 297 g/mol. The molecular formula is C17H19N3S. The van der Waals surface area contributed by atoms with E-state index < -0.39 is 0 Å². The topological polar surface area (TPSA) is 37.8 Å². The van der Waals surface area contributed by atoms with Gasteiger partial charge in [0.15, 0.2) is 0 Å². The quantitative estimate of drug-likeness (QED) is 0.770. The summed E-state index contributed by atoms with van der Waals surface area (Å²) < 4.78 is 0. The summed E-state index contributed by atoms with van der Waals surface area (Å²) >= 11 is 1.79. The lowest BCUT2D eigenvalue weighted by Gasteiger charge is -2.12. The highest BCUT2D eigenvalue weighted by molar-refractivity contribution is 7.11. The molecule has 21 heavy (non-hydrogen) atoms. The summed E-state index contributed by atoms with van der Waals surface area (Å²) in [7, 11) is 0. The van der Waals surface area contributed by atoms with Gasteiger partial charge in [-0.15, -0.1) is 11.3 Å². The molecule has 0 aliphatic rings. The number of rotatable bonds is 5. The maximum atomic E-state index is 4.50. The van der Waals surface area contributed by atoms with E-state index in [1.807, 2.05) is 18.5 Å². The molecule has 0 spiro atoms. The first kappa shape index (κ1) is 14.2. The maximum Gasteiger partial charge on any atom is 0.109 e. The van der Waals surface area contributed by atoms with Crippen LogP contribution in [-0.2, 0) is 13.0 Å². The second kappa shape index (κ2) is 6.33. The lowest BCUT2D eigenvalue weighted by atomic mass is 10.1. The van der Waals surface area contributed by atoms with Crippen molar-refractivity contribution in [3.63, 3.8) is 0 Å². The van der Waals surface area contributed by atoms with E-state index in [-0.39, 0.29) is 6.04 Å². The number of para-hydroxylation sites is 1. The standard InChI is InChI=1S/C17H19N3S/c1-3-15-11-20-17(21-15)12(2)19-10-14-7-4-6-13-8-5-9-18-16(13)14/h4-9,11-12,19H,3,10H2,1-2H3. The second-order valence-corrected chi connectivity index (χ2v) is 6.26. The third kappa shape index (κ3) is 3.12. The van der Waals surface area contributed by atoms with Gasteiger partial charge < -0.3 is 5.32 Å². The Labute approximate surface area is 129 Å². The first-order valence-corrected chi connectivity index (χ1v) is 8.10. The number of pyridine rings is 1. The van der Waals surface area contributed by atoms with Gasteiger partial charge in [-0.3, -0.25) is 4.98 Å². The molecule has 0 amide bonds. The van der Waals surface area contributed by atoms with Gasteiger partial charge in [-0.05, 0) is 25.0 Å². The lowest BCUT2D eigenvalue weighted by Crippen LogP contribution is -2.18. The first-order valence-electron chi connectivity index (χ1n) is 7.28. The Morgan fingerprint density at radius 2 is 2.05 bits per heavy atom. The van der Waals surface area contributed by atoms with Crippen LogP contribution >= 0.6 is 11.3 Å². The molecule has 0 aliphatic heterocycles. The minimum Gasteiger partial charge on any atom is -0.304 e. The van der Waals surface area contributed by atoms with Crippen LogP contribution in [0.15, 0.2) is 42.7 Å². The highest BCUT2D eigenvalue weighted by Gasteiger charge is 2.10. The molecule has 0 radical (unpaired) electrons. The van der Waals surface area contributed by atoms with Crippen LogP contribution in [0.4, 0.5) is 0 Å². The van der Waals surface area contributed by atoms with Crippen molar-refractivity contribution in [1.82, 2.24) is 15.3 Å². The molecule has 3 rings (SSSR count). The molecule has 0 fully saturated rings. The molecule has 0 aliphatic carbocycles. The number of benzene rings is 1. The van der Waals surface area contributed by atoms with Gasteiger partial charge in [-0.2, -0.15) is 0 Å². The molecule has 1 N–H and O–H groups in total. The van der Waals surface area contributed by atoms with E-state index in [0.717, 1.165) is 23.5 Å². The summed E-state index contributed by atoms with van der Waals surface area (Å²) in [5.74, 6) is 0. The van der Waals surface area contributed by atoms with Crippen LogP contribution in [0.2, 0.25) is 0 Å².